The molecule has 3 nitrogen and oxygen atoms in total. The summed E-state index contributed by atoms with van der Waals surface area (Å²) in [4.78, 5) is 4.23. The molecule has 3 N–H and O–H groups in total. The van der Waals surface area contributed by atoms with Crippen molar-refractivity contribution in [1.82, 2.24) is 10.3 Å². The number of thiazole rings is 1. The van der Waals surface area contributed by atoms with Gasteiger partial charge in [-0.25, -0.2) is 4.98 Å². The number of hydrogen-bond acceptors (Lipinski definition) is 4. The van der Waals surface area contributed by atoms with Crippen LogP contribution in [-0.2, 0) is 6.42 Å². The molecule has 4 heteroatoms. The molecule has 1 saturated carbocycles. The summed E-state index contributed by atoms with van der Waals surface area (Å²) < 4.78 is 0. The molecule has 1 heterocycles. The Balaban J connectivity index is 1.51. The lowest BCUT2D eigenvalue weighted by Crippen LogP contribution is -2.23. The highest BCUT2D eigenvalue weighted by atomic mass is 32.1. The van der Waals surface area contributed by atoms with E-state index in [-0.39, 0.29) is 0 Å². The number of rotatable bonds is 6. The van der Waals surface area contributed by atoms with E-state index in [0.717, 1.165) is 31.1 Å². The summed E-state index contributed by atoms with van der Waals surface area (Å²) in [5.41, 5.74) is 6.68. The van der Waals surface area contributed by atoms with Gasteiger partial charge >= 0.3 is 0 Å². The van der Waals surface area contributed by atoms with Gasteiger partial charge in [0.1, 0.15) is 0 Å². The maximum absolute atomic E-state index is 5.56. The van der Waals surface area contributed by atoms with Crippen LogP contribution in [0.3, 0.4) is 0 Å². The van der Waals surface area contributed by atoms with Crippen LogP contribution in [0.4, 0.5) is 5.13 Å². The molecular weight excluding hydrogens is 206 g/mol. The van der Waals surface area contributed by atoms with Gasteiger partial charge in [-0.1, -0.05) is 19.3 Å². The number of nitrogens with one attached hydrogen (secondary N) is 1. The maximum Gasteiger partial charge on any atom is 0.180 e. The van der Waals surface area contributed by atoms with Crippen molar-refractivity contribution in [1.29, 1.82) is 0 Å². The highest BCUT2D eigenvalue weighted by Gasteiger charge is 2.15. The minimum Gasteiger partial charge on any atom is -0.375 e. The zero-order valence-electron chi connectivity index (χ0n) is 9.04. The van der Waals surface area contributed by atoms with Crippen LogP contribution in [0.2, 0.25) is 0 Å². The van der Waals surface area contributed by atoms with Crippen molar-refractivity contribution in [2.75, 3.05) is 18.8 Å². The molecule has 1 aliphatic rings. The van der Waals surface area contributed by atoms with Gasteiger partial charge < -0.3 is 11.1 Å². The van der Waals surface area contributed by atoms with E-state index in [1.54, 1.807) is 0 Å². The zero-order valence-corrected chi connectivity index (χ0v) is 9.85. The first-order valence-electron chi connectivity index (χ1n) is 5.75. The Bertz CT molecular complexity index is 294. The second-order valence-corrected chi connectivity index (χ2v) is 5.15. The predicted octanol–water partition coefficient (Wildman–Crippen LogP) is 2.05. The molecule has 1 aromatic rings. The number of nitrogens with zero attached hydrogens (tertiary/aromatic N) is 1. The first-order valence-corrected chi connectivity index (χ1v) is 6.63. The van der Waals surface area contributed by atoms with Crippen LogP contribution in [0.5, 0.6) is 0 Å². The van der Waals surface area contributed by atoms with E-state index in [4.69, 9.17) is 5.73 Å². The first-order chi connectivity index (χ1) is 7.34. The Morgan fingerprint density at radius 3 is 2.93 bits per heavy atom. The molecule has 0 aromatic carbocycles. The summed E-state index contributed by atoms with van der Waals surface area (Å²) in [6, 6.07) is 0. The van der Waals surface area contributed by atoms with Crippen LogP contribution in [0.25, 0.3) is 0 Å². The molecule has 0 radical (unpaired) electrons. The topological polar surface area (TPSA) is 50.9 Å². The lowest BCUT2D eigenvalue weighted by Gasteiger charge is -2.25. The van der Waals surface area contributed by atoms with Crippen molar-refractivity contribution in [2.24, 2.45) is 5.92 Å². The molecule has 0 spiro atoms. The van der Waals surface area contributed by atoms with Crippen molar-refractivity contribution < 1.29 is 0 Å². The van der Waals surface area contributed by atoms with Crippen molar-refractivity contribution in [3.8, 4) is 0 Å². The van der Waals surface area contributed by atoms with Gasteiger partial charge in [0.2, 0.25) is 0 Å². The molecule has 0 unspecified atom stereocenters. The van der Waals surface area contributed by atoms with Crippen LogP contribution < -0.4 is 11.1 Å². The number of nitrogen functional groups attached to an aromatic ring is 1. The molecule has 1 fully saturated rings. The van der Waals surface area contributed by atoms with Gasteiger partial charge in [-0.3, -0.25) is 0 Å². The molecule has 0 bridgehead atoms. The zero-order chi connectivity index (χ0) is 10.5. The van der Waals surface area contributed by atoms with Gasteiger partial charge in [0.15, 0.2) is 5.13 Å². The average Bonchev–Trinajstić information content (AvgIpc) is 2.54. The Labute approximate surface area is 95.1 Å². The predicted molar refractivity (Wildman–Crippen MR) is 65.1 cm³/mol. The van der Waals surface area contributed by atoms with Gasteiger partial charge in [-0.2, -0.15) is 0 Å². The van der Waals surface area contributed by atoms with E-state index in [1.807, 2.05) is 5.38 Å². The average molecular weight is 225 g/mol. The van der Waals surface area contributed by atoms with E-state index in [0.29, 0.717) is 5.13 Å². The normalized spacial score (nSPS) is 16.5. The Morgan fingerprint density at radius 2 is 2.33 bits per heavy atom. The molecule has 2 rings (SSSR count). The van der Waals surface area contributed by atoms with Crippen molar-refractivity contribution in [2.45, 2.75) is 32.1 Å². The van der Waals surface area contributed by atoms with Crippen LogP contribution in [0.1, 0.15) is 31.4 Å². The molecule has 0 amide bonds. The fourth-order valence-corrected chi connectivity index (χ4v) is 2.46. The number of aromatic nitrogens is 1. The minimum absolute atomic E-state index is 0.680. The monoisotopic (exact) mass is 225 g/mol. The summed E-state index contributed by atoms with van der Waals surface area (Å²) >= 11 is 1.52. The highest BCUT2D eigenvalue weighted by molar-refractivity contribution is 7.13. The SMILES string of the molecule is Nc1nc(CCNCCC2CCC2)cs1. The smallest absolute Gasteiger partial charge is 0.180 e. The summed E-state index contributed by atoms with van der Waals surface area (Å²) in [7, 11) is 0. The number of anilines is 1. The van der Waals surface area contributed by atoms with E-state index in [2.05, 4.69) is 10.3 Å². The standard InChI is InChI=1S/C11H19N3S/c12-11-14-10(8-15-11)5-7-13-6-4-9-2-1-3-9/h8-9,13H,1-7H2,(H2,12,14). The van der Waals surface area contributed by atoms with E-state index in [9.17, 15) is 0 Å². The molecule has 0 saturated heterocycles. The van der Waals surface area contributed by atoms with Crippen molar-refractivity contribution >= 4 is 16.5 Å². The lowest BCUT2D eigenvalue weighted by molar-refractivity contribution is 0.292. The number of hydrogen-bond donors (Lipinski definition) is 2. The molecule has 1 aromatic heterocycles. The largest absolute Gasteiger partial charge is 0.375 e. The van der Waals surface area contributed by atoms with Gasteiger partial charge in [-0.05, 0) is 18.9 Å². The molecule has 0 atom stereocenters. The Kier molecular flexibility index (Phi) is 3.97. The molecular formula is C11H19N3S. The van der Waals surface area contributed by atoms with Crippen molar-refractivity contribution in [3.63, 3.8) is 0 Å². The second-order valence-electron chi connectivity index (χ2n) is 4.26. The molecule has 1 aliphatic carbocycles. The van der Waals surface area contributed by atoms with Crippen molar-refractivity contribution in [3.05, 3.63) is 11.1 Å². The highest BCUT2D eigenvalue weighted by Crippen LogP contribution is 2.28. The maximum atomic E-state index is 5.56. The third-order valence-corrected chi connectivity index (χ3v) is 3.80. The second kappa shape index (κ2) is 5.47. The third-order valence-electron chi connectivity index (χ3n) is 3.08. The van der Waals surface area contributed by atoms with E-state index >= 15 is 0 Å². The quantitative estimate of drug-likeness (QED) is 0.729. The van der Waals surface area contributed by atoms with E-state index in [1.165, 1.54) is 37.0 Å². The summed E-state index contributed by atoms with van der Waals surface area (Å²) in [5.74, 6) is 1.01. The van der Waals surface area contributed by atoms with Crippen LogP contribution in [-0.4, -0.2) is 18.1 Å². The van der Waals surface area contributed by atoms with Crippen LogP contribution >= 0.6 is 11.3 Å². The summed E-state index contributed by atoms with van der Waals surface area (Å²) in [6.45, 7) is 2.18. The number of nitrogens with two attached hydrogens (primary N) is 1. The minimum atomic E-state index is 0.680. The Morgan fingerprint density at radius 1 is 1.47 bits per heavy atom. The Hall–Kier alpha value is -0.610. The van der Waals surface area contributed by atoms with Gasteiger partial charge in [-0.15, -0.1) is 11.3 Å². The van der Waals surface area contributed by atoms with E-state index < -0.39 is 0 Å². The fourth-order valence-electron chi connectivity index (χ4n) is 1.87. The summed E-state index contributed by atoms with van der Waals surface area (Å²) in [5, 5.41) is 6.19. The van der Waals surface area contributed by atoms with Gasteiger partial charge in [0.25, 0.3) is 0 Å². The van der Waals surface area contributed by atoms with Crippen LogP contribution in [0, 0.1) is 5.92 Å². The molecule has 84 valence electrons. The van der Waals surface area contributed by atoms with Gasteiger partial charge in [0, 0.05) is 18.3 Å². The third kappa shape index (κ3) is 3.47. The molecule has 0 aliphatic heterocycles. The first kappa shape index (κ1) is 10.9. The van der Waals surface area contributed by atoms with Crippen LogP contribution in [0.15, 0.2) is 5.38 Å². The summed E-state index contributed by atoms with van der Waals surface area (Å²) in [6.07, 6.45) is 6.69. The van der Waals surface area contributed by atoms with Gasteiger partial charge in [0.05, 0.1) is 5.69 Å². The lowest BCUT2D eigenvalue weighted by atomic mass is 9.83. The fraction of sp³-hybridized carbons (Fsp3) is 0.727. The molecule has 15 heavy (non-hydrogen) atoms.